The van der Waals surface area contributed by atoms with Crippen molar-refractivity contribution < 1.29 is 9.53 Å². The topological polar surface area (TPSA) is 55.6 Å². The van der Waals surface area contributed by atoms with Crippen LogP contribution in [-0.4, -0.2) is 36.7 Å². The van der Waals surface area contributed by atoms with Gasteiger partial charge in [0.25, 0.3) is 0 Å². The average Bonchev–Trinajstić information content (AvgIpc) is 2.39. The molecule has 5 heteroatoms. The molecule has 0 spiro atoms. The van der Waals surface area contributed by atoms with Crippen molar-refractivity contribution in [2.75, 3.05) is 36.1 Å². The highest BCUT2D eigenvalue weighted by molar-refractivity contribution is 8.00. The summed E-state index contributed by atoms with van der Waals surface area (Å²) >= 11 is 1.97. The summed E-state index contributed by atoms with van der Waals surface area (Å²) in [6.45, 7) is 6.32. The van der Waals surface area contributed by atoms with Gasteiger partial charge in [0.2, 0.25) is 0 Å². The molecule has 0 aliphatic carbocycles. The number of carbonyl (C=O) groups excluding carboxylic acids is 1. The Hall–Kier alpha value is -1.36. The van der Waals surface area contributed by atoms with Crippen LogP contribution in [0.4, 0.5) is 11.4 Å². The molecular weight excluding hydrogens is 260 g/mol. The molecule has 0 bridgehead atoms. The van der Waals surface area contributed by atoms with Crippen molar-refractivity contribution >= 4 is 29.1 Å². The highest BCUT2D eigenvalue weighted by Gasteiger charge is 2.20. The third-order valence-corrected chi connectivity index (χ3v) is 4.26. The lowest BCUT2D eigenvalue weighted by atomic mass is 10.1. The number of nitrogens with zero attached hydrogens (tertiary/aromatic N) is 1. The van der Waals surface area contributed by atoms with E-state index in [-0.39, 0.29) is 5.97 Å². The van der Waals surface area contributed by atoms with E-state index < -0.39 is 0 Å². The molecule has 1 unspecified atom stereocenters. The third kappa shape index (κ3) is 3.35. The fourth-order valence-corrected chi connectivity index (χ4v) is 3.21. The molecule has 0 saturated carbocycles. The van der Waals surface area contributed by atoms with Crippen LogP contribution in [0.1, 0.15) is 24.2 Å². The molecule has 0 radical (unpaired) electrons. The number of anilines is 2. The molecule has 0 amide bonds. The van der Waals surface area contributed by atoms with E-state index in [1.807, 2.05) is 17.8 Å². The number of hydrogen-bond donors (Lipinski definition) is 1. The van der Waals surface area contributed by atoms with E-state index in [4.69, 9.17) is 10.5 Å². The van der Waals surface area contributed by atoms with E-state index in [0.29, 0.717) is 23.1 Å². The molecule has 1 aromatic carbocycles. The Bertz CT molecular complexity index is 465. The number of thioether (sulfide) groups is 1. The van der Waals surface area contributed by atoms with Gasteiger partial charge in [-0.2, -0.15) is 11.8 Å². The van der Waals surface area contributed by atoms with Crippen molar-refractivity contribution in [3.05, 3.63) is 23.8 Å². The highest BCUT2D eigenvalue weighted by Crippen LogP contribution is 2.29. The van der Waals surface area contributed by atoms with Crippen LogP contribution in [0.15, 0.2) is 18.2 Å². The molecule has 1 fully saturated rings. The molecule has 2 rings (SSSR count). The number of nitrogen functional groups attached to an aromatic ring is 1. The van der Waals surface area contributed by atoms with Crippen molar-refractivity contribution in [2.45, 2.75) is 19.1 Å². The molecule has 0 aromatic heterocycles. The number of nitrogens with two attached hydrogens (primary N) is 1. The van der Waals surface area contributed by atoms with E-state index in [2.05, 4.69) is 11.8 Å². The zero-order valence-corrected chi connectivity index (χ0v) is 12.2. The molecule has 104 valence electrons. The van der Waals surface area contributed by atoms with E-state index in [0.717, 1.165) is 24.5 Å². The van der Waals surface area contributed by atoms with Gasteiger partial charge >= 0.3 is 5.97 Å². The smallest absolute Gasteiger partial charge is 0.338 e. The minimum absolute atomic E-state index is 0.289. The van der Waals surface area contributed by atoms with Crippen molar-refractivity contribution in [1.29, 1.82) is 0 Å². The molecule has 1 aliphatic rings. The molecule has 4 nitrogen and oxygen atoms in total. The van der Waals surface area contributed by atoms with Gasteiger partial charge in [0.05, 0.1) is 23.5 Å². The summed E-state index contributed by atoms with van der Waals surface area (Å²) in [5.41, 5.74) is 8.26. The van der Waals surface area contributed by atoms with Gasteiger partial charge in [-0.25, -0.2) is 4.79 Å². The van der Waals surface area contributed by atoms with E-state index in [1.165, 1.54) is 0 Å². The molecule has 1 atom stereocenters. The maximum atomic E-state index is 11.8. The first-order valence-electron chi connectivity index (χ1n) is 6.55. The van der Waals surface area contributed by atoms with E-state index in [9.17, 15) is 4.79 Å². The minimum Gasteiger partial charge on any atom is -0.462 e. The Morgan fingerprint density at radius 1 is 1.58 bits per heavy atom. The zero-order chi connectivity index (χ0) is 13.8. The van der Waals surface area contributed by atoms with Gasteiger partial charge in [-0.05, 0) is 25.1 Å². The second-order valence-corrected chi connectivity index (χ2v) is 6.17. The number of rotatable bonds is 3. The predicted octanol–water partition coefficient (Wildman–Crippen LogP) is 2.39. The van der Waals surface area contributed by atoms with Crippen molar-refractivity contribution in [1.82, 2.24) is 0 Å². The fraction of sp³-hybridized carbons (Fsp3) is 0.500. The highest BCUT2D eigenvalue weighted by atomic mass is 32.2. The molecule has 1 aliphatic heterocycles. The summed E-state index contributed by atoms with van der Waals surface area (Å²) in [5, 5.41) is 0.583. The van der Waals surface area contributed by atoms with Crippen LogP contribution >= 0.6 is 11.8 Å². The minimum atomic E-state index is -0.289. The first-order valence-corrected chi connectivity index (χ1v) is 7.60. The Kier molecular flexibility index (Phi) is 4.58. The largest absolute Gasteiger partial charge is 0.462 e. The van der Waals surface area contributed by atoms with Gasteiger partial charge in [-0.15, -0.1) is 0 Å². The van der Waals surface area contributed by atoms with Gasteiger partial charge in [-0.3, -0.25) is 0 Å². The Balaban J connectivity index is 2.23. The average molecular weight is 280 g/mol. The van der Waals surface area contributed by atoms with Crippen LogP contribution in [0.25, 0.3) is 0 Å². The number of esters is 1. The maximum absolute atomic E-state index is 11.8. The molecule has 1 heterocycles. The van der Waals surface area contributed by atoms with Gasteiger partial charge < -0.3 is 15.4 Å². The first-order chi connectivity index (χ1) is 9.11. The SMILES string of the molecule is CCOC(=O)c1ccc(N)c(N2CCSC(C)C2)c1. The lowest BCUT2D eigenvalue weighted by molar-refractivity contribution is 0.0526. The predicted molar refractivity (Wildman–Crippen MR) is 80.9 cm³/mol. The van der Waals surface area contributed by atoms with Crippen LogP contribution < -0.4 is 10.6 Å². The number of carbonyl (C=O) groups is 1. The molecule has 19 heavy (non-hydrogen) atoms. The molecule has 1 saturated heterocycles. The summed E-state index contributed by atoms with van der Waals surface area (Å²) in [6, 6.07) is 5.35. The van der Waals surface area contributed by atoms with Crippen LogP contribution in [0.2, 0.25) is 0 Å². The second kappa shape index (κ2) is 6.19. The zero-order valence-electron chi connectivity index (χ0n) is 11.4. The number of ether oxygens (including phenoxy) is 1. The number of hydrogen-bond acceptors (Lipinski definition) is 5. The van der Waals surface area contributed by atoms with E-state index >= 15 is 0 Å². The first kappa shape index (κ1) is 14.1. The summed E-state index contributed by atoms with van der Waals surface area (Å²) < 4.78 is 5.03. The van der Waals surface area contributed by atoms with Crippen LogP contribution in [0.3, 0.4) is 0 Å². The normalized spacial score (nSPS) is 19.3. The summed E-state index contributed by atoms with van der Waals surface area (Å²) in [7, 11) is 0. The second-order valence-electron chi connectivity index (χ2n) is 4.62. The summed E-state index contributed by atoms with van der Waals surface area (Å²) in [4.78, 5) is 14.0. The van der Waals surface area contributed by atoms with Crippen molar-refractivity contribution in [3.63, 3.8) is 0 Å². The fourth-order valence-electron chi connectivity index (χ4n) is 2.20. The quantitative estimate of drug-likeness (QED) is 0.680. The Morgan fingerprint density at radius 2 is 2.37 bits per heavy atom. The van der Waals surface area contributed by atoms with Gasteiger partial charge in [0.1, 0.15) is 0 Å². The third-order valence-electron chi connectivity index (χ3n) is 3.12. The van der Waals surface area contributed by atoms with Crippen LogP contribution in [0.5, 0.6) is 0 Å². The Morgan fingerprint density at radius 3 is 3.05 bits per heavy atom. The van der Waals surface area contributed by atoms with Crippen LogP contribution in [-0.2, 0) is 4.74 Å². The lowest BCUT2D eigenvalue weighted by Gasteiger charge is -2.33. The number of benzene rings is 1. The molecular formula is C14H20N2O2S. The van der Waals surface area contributed by atoms with E-state index in [1.54, 1.807) is 19.1 Å². The monoisotopic (exact) mass is 280 g/mol. The maximum Gasteiger partial charge on any atom is 0.338 e. The Labute approximate surface area is 118 Å². The molecule has 2 N–H and O–H groups in total. The summed E-state index contributed by atoms with van der Waals surface area (Å²) in [5.74, 6) is 0.799. The van der Waals surface area contributed by atoms with Gasteiger partial charge in [0.15, 0.2) is 0 Å². The van der Waals surface area contributed by atoms with Crippen LogP contribution in [0, 0.1) is 0 Å². The van der Waals surface area contributed by atoms with Gasteiger partial charge in [0, 0.05) is 24.1 Å². The van der Waals surface area contributed by atoms with Gasteiger partial charge in [-0.1, -0.05) is 6.92 Å². The molecule has 1 aromatic rings. The van der Waals surface area contributed by atoms with Crippen molar-refractivity contribution in [2.24, 2.45) is 0 Å². The summed E-state index contributed by atoms with van der Waals surface area (Å²) in [6.07, 6.45) is 0. The lowest BCUT2D eigenvalue weighted by Crippen LogP contribution is -2.37. The van der Waals surface area contributed by atoms with Crippen molar-refractivity contribution in [3.8, 4) is 0 Å². The standard InChI is InChI=1S/C14H20N2O2S/c1-3-18-14(17)11-4-5-12(15)13(8-11)16-6-7-19-10(2)9-16/h4-5,8,10H,3,6-7,9,15H2,1-2H3.